The van der Waals surface area contributed by atoms with Crippen LogP contribution in [0.1, 0.15) is 46.5 Å². The smallest absolute Gasteiger partial charge is 0.00310 e. The van der Waals surface area contributed by atoms with Gasteiger partial charge in [-0.1, -0.05) is 40.2 Å². The molecule has 0 bridgehead atoms. The molecule has 0 aliphatic heterocycles. The van der Waals surface area contributed by atoms with Crippen LogP contribution in [-0.2, 0) is 0 Å². The van der Waals surface area contributed by atoms with Crippen LogP contribution in [-0.4, -0.2) is 7.05 Å². The number of unbranched alkanes of at least 4 members (excludes halogenated alkanes) is 2. The molecule has 0 atom stereocenters. The predicted octanol–water partition coefficient (Wildman–Crippen LogP) is 3.33. The first-order valence-corrected chi connectivity index (χ1v) is 4.66. The van der Waals surface area contributed by atoms with E-state index < -0.39 is 0 Å². The Labute approximate surface area is 71.9 Å². The Balaban J connectivity index is 0. The van der Waals surface area contributed by atoms with E-state index in [1.807, 2.05) is 20.9 Å². The highest BCUT2D eigenvalue weighted by atomic mass is 14.8. The van der Waals surface area contributed by atoms with Crippen LogP contribution in [0.25, 0.3) is 0 Å². The first-order chi connectivity index (χ1) is 5.31. The van der Waals surface area contributed by atoms with Gasteiger partial charge in [-0.25, -0.2) is 0 Å². The highest BCUT2D eigenvalue weighted by Crippen LogP contribution is 2.02. The molecule has 0 heterocycles. The summed E-state index contributed by atoms with van der Waals surface area (Å²) in [5, 5.41) is 3.03. The highest BCUT2D eigenvalue weighted by molar-refractivity contribution is 4.88. The molecule has 0 radical (unpaired) electrons. The summed E-state index contributed by atoms with van der Waals surface area (Å²) in [6, 6.07) is 0. The van der Waals surface area contributed by atoms with Crippen molar-refractivity contribution >= 4 is 0 Å². The third-order valence-corrected chi connectivity index (χ3v) is 1.44. The van der Waals surface area contributed by atoms with Crippen LogP contribution in [0, 0.1) is 0 Å². The van der Waals surface area contributed by atoms with E-state index in [4.69, 9.17) is 0 Å². The van der Waals surface area contributed by atoms with Gasteiger partial charge in [-0.15, -0.1) is 0 Å². The van der Waals surface area contributed by atoms with E-state index in [0.29, 0.717) is 0 Å². The second-order valence-corrected chi connectivity index (χ2v) is 2.31. The average molecular weight is 157 g/mol. The second kappa shape index (κ2) is 12.2. The monoisotopic (exact) mass is 157 g/mol. The molecule has 0 aromatic rings. The summed E-state index contributed by atoms with van der Waals surface area (Å²) in [5.41, 5.74) is 1.16. The van der Waals surface area contributed by atoms with Gasteiger partial charge in [0, 0.05) is 12.7 Å². The normalized spacial score (nSPS) is 8.00. The Morgan fingerprint density at radius 2 is 1.82 bits per heavy atom. The lowest BCUT2D eigenvalue weighted by molar-refractivity contribution is 0.692. The van der Waals surface area contributed by atoms with Crippen LogP contribution in [0.4, 0.5) is 0 Å². The molecule has 0 aliphatic carbocycles. The third kappa shape index (κ3) is 12.7. The first-order valence-electron chi connectivity index (χ1n) is 4.66. The van der Waals surface area contributed by atoms with E-state index in [1.165, 1.54) is 19.3 Å². The molecule has 0 rings (SSSR count). The van der Waals surface area contributed by atoms with Crippen molar-refractivity contribution in [2.45, 2.75) is 46.5 Å². The molecule has 1 heteroatoms. The van der Waals surface area contributed by atoms with Crippen molar-refractivity contribution in [1.82, 2.24) is 5.32 Å². The molecule has 0 aromatic carbocycles. The lowest BCUT2D eigenvalue weighted by atomic mass is 10.2. The maximum Gasteiger partial charge on any atom is 0.00310 e. The lowest BCUT2D eigenvalue weighted by Gasteiger charge is -2.01. The Kier molecular flexibility index (Phi) is 14.6. The van der Waals surface area contributed by atoms with Crippen LogP contribution in [0.2, 0.25) is 0 Å². The zero-order valence-corrected chi connectivity index (χ0v) is 8.54. The molecule has 68 valence electrons. The summed E-state index contributed by atoms with van der Waals surface area (Å²) in [7, 11) is 1.92. The van der Waals surface area contributed by atoms with E-state index in [0.717, 1.165) is 12.1 Å². The summed E-state index contributed by atoms with van der Waals surface area (Å²) < 4.78 is 0. The van der Waals surface area contributed by atoms with Crippen molar-refractivity contribution < 1.29 is 0 Å². The summed E-state index contributed by atoms with van der Waals surface area (Å²) in [6.45, 7) is 10.0. The van der Waals surface area contributed by atoms with Crippen molar-refractivity contribution in [3.63, 3.8) is 0 Å². The second-order valence-electron chi connectivity index (χ2n) is 2.31. The van der Waals surface area contributed by atoms with Gasteiger partial charge in [0.05, 0.1) is 0 Å². The minimum atomic E-state index is 1.13. The molecule has 0 spiro atoms. The maximum atomic E-state index is 3.83. The van der Waals surface area contributed by atoms with E-state index in [2.05, 4.69) is 18.8 Å². The van der Waals surface area contributed by atoms with Crippen LogP contribution < -0.4 is 5.32 Å². The van der Waals surface area contributed by atoms with Gasteiger partial charge >= 0.3 is 0 Å². The number of hydrogen-bond donors (Lipinski definition) is 1. The fourth-order valence-corrected chi connectivity index (χ4v) is 0.713. The molecule has 0 saturated carbocycles. The topological polar surface area (TPSA) is 12.0 Å². The SMILES string of the molecule is C=C(CCCCC)NC.CC. The summed E-state index contributed by atoms with van der Waals surface area (Å²) in [4.78, 5) is 0. The van der Waals surface area contributed by atoms with Crippen molar-refractivity contribution in [3.8, 4) is 0 Å². The minimum absolute atomic E-state index is 1.13. The van der Waals surface area contributed by atoms with E-state index in [9.17, 15) is 0 Å². The number of allylic oxidation sites excluding steroid dienone is 1. The molecule has 0 fully saturated rings. The quantitative estimate of drug-likeness (QED) is 0.604. The largest absolute Gasteiger partial charge is 0.392 e. The molecule has 0 aromatic heterocycles. The lowest BCUT2D eigenvalue weighted by Crippen LogP contribution is -2.03. The zero-order valence-electron chi connectivity index (χ0n) is 8.54. The molecule has 0 saturated heterocycles. The molecule has 0 aliphatic rings. The van der Waals surface area contributed by atoms with Crippen molar-refractivity contribution in [3.05, 3.63) is 12.3 Å². The molecular weight excluding hydrogens is 134 g/mol. The number of nitrogens with one attached hydrogen (secondary N) is 1. The van der Waals surface area contributed by atoms with Gasteiger partial charge in [0.2, 0.25) is 0 Å². The fraction of sp³-hybridized carbons (Fsp3) is 0.800. The van der Waals surface area contributed by atoms with E-state index in [1.54, 1.807) is 0 Å². The van der Waals surface area contributed by atoms with Gasteiger partial charge in [-0.3, -0.25) is 0 Å². The molecule has 11 heavy (non-hydrogen) atoms. The zero-order chi connectivity index (χ0) is 9.11. The van der Waals surface area contributed by atoms with Gasteiger partial charge in [-0.2, -0.15) is 0 Å². The van der Waals surface area contributed by atoms with Gasteiger partial charge < -0.3 is 5.32 Å². The average Bonchev–Trinajstić information content (AvgIpc) is 2.08. The fourth-order valence-electron chi connectivity index (χ4n) is 0.713. The Morgan fingerprint density at radius 3 is 2.18 bits per heavy atom. The molecule has 1 N–H and O–H groups in total. The van der Waals surface area contributed by atoms with Crippen molar-refractivity contribution in [2.75, 3.05) is 7.05 Å². The van der Waals surface area contributed by atoms with E-state index in [-0.39, 0.29) is 0 Å². The van der Waals surface area contributed by atoms with Crippen LogP contribution in [0.5, 0.6) is 0 Å². The number of rotatable bonds is 5. The first kappa shape index (κ1) is 13.2. The highest BCUT2D eigenvalue weighted by Gasteiger charge is 1.87. The molecular formula is C10H23N. The number of hydrogen-bond acceptors (Lipinski definition) is 1. The molecule has 0 amide bonds. The third-order valence-electron chi connectivity index (χ3n) is 1.44. The predicted molar refractivity (Wildman–Crippen MR) is 53.7 cm³/mol. The Morgan fingerprint density at radius 1 is 1.27 bits per heavy atom. The van der Waals surface area contributed by atoms with Gasteiger partial charge in [0.15, 0.2) is 0 Å². The minimum Gasteiger partial charge on any atom is -0.392 e. The summed E-state index contributed by atoms with van der Waals surface area (Å²) in [6.07, 6.45) is 5.01. The summed E-state index contributed by atoms with van der Waals surface area (Å²) in [5.74, 6) is 0. The summed E-state index contributed by atoms with van der Waals surface area (Å²) >= 11 is 0. The maximum absolute atomic E-state index is 3.83. The van der Waals surface area contributed by atoms with Crippen LogP contribution in [0.3, 0.4) is 0 Å². The van der Waals surface area contributed by atoms with Crippen LogP contribution >= 0.6 is 0 Å². The Hall–Kier alpha value is -0.460. The molecule has 0 unspecified atom stereocenters. The van der Waals surface area contributed by atoms with Gasteiger partial charge in [0.1, 0.15) is 0 Å². The van der Waals surface area contributed by atoms with Crippen molar-refractivity contribution in [2.24, 2.45) is 0 Å². The van der Waals surface area contributed by atoms with Gasteiger partial charge in [0.25, 0.3) is 0 Å². The molecule has 1 nitrogen and oxygen atoms in total. The van der Waals surface area contributed by atoms with Gasteiger partial charge in [-0.05, 0) is 12.8 Å². The Bertz CT molecular complexity index is 76.9. The van der Waals surface area contributed by atoms with Crippen LogP contribution in [0.15, 0.2) is 12.3 Å². The van der Waals surface area contributed by atoms with Crippen molar-refractivity contribution in [1.29, 1.82) is 0 Å². The standard InChI is InChI=1S/C8H17N.C2H6/c1-4-5-6-7-8(2)9-3;1-2/h9H,2,4-7H2,1,3H3;1-2H3. The van der Waals surface area contributed by atoms with E-state index >= 15 is 0 Å².